The van der Waals surface area contributed by atoms with Crippen LogP contribution in [0.4, 0.5) is 52.7 Å². The van der Waals surface area contributed by atoms with Crippen LogP contribution in [0.25, 0.3) is 0 Å². The molecular weight excluding hydrogens is 368 g/mol. The number of halogens is 12. The molecule has 0 rings (SSSR count). The summed E-state index contributed by atoms with van der Waals surface area (Å²) < 4.78 is 149. The summed E-state index contributed by atoms with van der Waals surface area (Å²) in [5.74, 6) is -5.73. The van der Waals surface area contributed by atoms with Crippen LogP contribution in [-0.2, 0) is 0 Å². The molecule has 0 unspecified atom stereocenters. The molecule has 0 radical (unpaired) electrons. The maximum absolute atomic E-state index is 12.4. The van der Waals surface area contributed by atoms with Gasteiger partial charge in [0.05, 0.1) is 0 Å². The van der Waals surface area contributed by atoms with Crippen LogP contribution in [-0.4, -0.2) is 30.5 Å². The molecule has 0 amide bonds. The third-order valence-corrected chi connectivity index (χ3v) is 3.07. The van der Waals surface area contributed by atoms with Crippen LogP contribution in [0.2, 0.25) is 0 Å². The van der Waals surface area contributed by atoms with Crippen molar-refractivity contribution >= 4 is 11.8 Å². The standard InChI is InChI=1S/C9H6F12S/c1-2-22-3(4(6(10,11)12)7(13,14)15)5(8(16,17)18)9(19,20)21/h4H,2H2,1H3. The van der Waals surface area contributed by atoms with Gasteiger partial charge in [-0.2, -0.15) is 52.7 Å². The van der Waals surface area contributed by atoms with Crippen molar-refractivity contribution in [2.75, 3.05) is 5.75 Å². The van der Waals surface area contributed by atoms with Crippen molar-refractivity contribution in [3.8, 4) is 0 Å². The van der Waals surface area contributed by atoms with Crippen LogP contribution in [0.15, 0.2) is 10.5 Å². The van der Waals surface area contributed by atoms with Crippen LogP contribution in [0, 0.1) is 5.92 Å². The first-order valence-corrected chi connectivity index (χ1v) is 6.07. The van der Waals surface area contributed by atoms with Gasteiger partial charge in [-0.05, 0) is 5.75 Å². The maximum atomic E-state index is 12.4. The minimum atomic E-state index is -6.43. The lowest BCUT2D eigenvalue weighted by Crippen LogP contribution is -2.40. The summed E-state index contributed by atoms with van der Waals surface area (Å²) in [5.41, 5.74) is -3.80. The first-order chi connectivity index (χ1) is 9.44. The van der Waals surface area contributed by atoms with E-state index in [4.69, 9.17) is 0 Å². The third kappa shape index (κ3) is 5.47. The molecule has 0 fully saturated rings. The van der Waals surface area contributed by atoms with Gasteiger partial charge >= 0.3 is 24.7 Å². The van der Waals surface area contributed by atoms with Gasteiger partial charge in [0.25, 0.3) is 0 Å². The topological polar surface area (TPSA) is 0 Å². The average Bonchev–Trinajstić information content (AvgIpc) is 2.06. The Balaban J connectivity index is 6.65. The van der Waals surface area contributed by atoms with E-state index in [9.17, 15) is 52.7 Å². The summed E-state index contributed by atoms with van der Waals surface area (Å²) in [7, 11) is 0. The fourth-order valence-corrected chi connectivity index (χ4v) is 2.50. The molecule has 0 aromatic rings. The molecule has 0 aliphatic carbocycles. The van der Waals surface area contributed by atoms with Gasteiger partial charge < -0.3 is 0 Å². The Morgan fingerprint density at radius 1 is 0.727 bits per heavy atom. The highest BCUT2D eigenvalue weighted by atomic mass is 32.2. The van der Waals surface area contributed by atoms with Crippen LogP contribution in [0.5, 0.6) is 0 Å². The Morgan fingerprint density at radius 2 is 1.05 bits per heavy atom. The minimum absolute atomic E-state index is 0.800. The zero-order chi connectivity index (χ0) is 18.1. The summed E-state index contributed by atoms with van der Waals surface area (Å²) in [6.07, 6.45) is -25.6. The Bertz CT molecular complexity index is 376. The second-order valence-electron chi connectivity index (χ2n) is 3.68. The minimum Gasteiger partial charge on any atom is -0.170 e. The number of hydrogen-bond acceptors (Lipinski definition) is 1. The lowest BCUT2D eigenvalue weighted by molar-refractivity contribution is -0.270. The van der Waals surface area contributed by atoms with E-state index in [1.807, 2.05) is 0 Å². The first-order valence-electron chi connectivity index (χ1n) is 5.08. The molecule has 0 atom stereocenters. The maximum Gasteiger partial charge on any atom is 0.422 e. The molecule has 0 nitrogen and oxygen atoms in total. The second-order valence-corrected chi connectivity index (χ2v) is 4.99. The Hall–Kier alpha value is -0.750. The highest BCUT2D eigenvalue weighted by molar-refractivity contribution is 8.03. The summed E-state index contributed by atoms with van der Waals surface area (Å²) in [4.78, 5) is -2.86. The molecule has 13 heteroatoms. The van der Waals surface area contributed by atoms with Crippen LogP contribution >= 0.6 is 11.8 Å². The predicted molar refractivity (Wildman–Crippen MR) is 52.9 cm³/mol. The molecule has 22 heavy (non-hydrogen) atoms. The molecule has 0 aromatic heterocycles. The van der Waals surface area contributed by atoms with Gasteiger partial charge in [-0.15, -0.1) is 11.8 Å². The molecule has 0 N–H and O–H groups in total. The Kier molecular flexibility index (Phi) is 6.18. The van der Waals surface area contributed by atoms with Gasteiger partial charge in [-0.1, -0.05) is 6.92 Å². The monoisotopic (exact) mass is 374 g/mol. The molecule has 0 saturated carbocycles. The molecule has 0 heterocycles. The number of thioether (sulfide) groups is 1. The molecule has 0 saturated heterocycles. The summed E-state index contributed by atoms with van der Waals surface area (Å²) >= 11 is -0.800. The van der Waals surface area contributed by atoms with E-state index in [1.54, 1.807) is 0 Å². The third-order valence-electron chi connectivity index (χ3n) is 2.03. The van der Waals surface area contributed by atoms with Crippen molar-refractivity contribution < 1.29 is 52.7 Å². The van der Waals surface area contributed by atoms with Gasteiger partial charge in [0.15, 0.2) is 5.92 Å². The van der Waals surface area contributed by atoms with Crippen molar-refractivity contribution in [3.05, 3.63) is 10.5 Å². The van der Waals surface area contributed by atoms with Gasteiger partial charge in [0.2, 0.25) is 0 Å². The van der Waals surface area contributed by atoms with Crippen molar-refractivity contribution in [1.29, 1.82) is 0 Å². The summed E-state index contributed by atoms with van der Waals surface area (Å²) in [6.45, 7) is 0.818. The predicted octanol–water partition coefficient (Wildman–Crippen LogP) is 5.86. The van der Waals surface area contributed by atoms with Gasteiger partial charge in [0, 0.05) is 4.91 Å². The van der Waals surface area contributed by atoms with E-state index in [2.05, 4.69) is 0 Å². The fourth-order valence-electron chi connectivity index (χ4n) is 1.38. The number of alkyl halides is 12. The van der Waals surface area contributed by atoms with E-state index in [1.165, 1.54) is 0 Å². The molecule has 0 aliphatic heterocycles. The SMILES string of the molecule is CCSC(=C(C(F)(F)F)C(F)(F)F)C(C(F)(F)F)C(F)(F)F. The van der Waals surface area contributed by atoms with Crippen LogP contribution in [0.3, 0.4) is 0 Å². The zero-order valence-electron chi connectivity index (χ0n) is 10.2. The van der Waals surface area contributed by atoms with Crippen molar-refractivity contribution in [2.24, 2.45) is 5.92 Å². The largest absolute Gasteiger partial charge is 0.422 e. The van der Waals surface area contributed by atoms with E-state index < -0.39 is 58.6 Å². The van der Waals surface area contributed by atoms with E-state index in [0.29, 0.717) is 0 Å². The van der Waals surface area contributed by atoms with Crippen LogP contribution in [0.1, 0.15) is 6.92 Å². The van der Waals surface area contributed by atoms with Crippen molar-refractivity contribution in [2.45, 2.75) is 31.6 Å². The molecule has 0 aliphatic rings. The van der Waals surface area contributed by atoms with E-state index >= 15 is 0 Å². The Morgan fingerprint density at radius 3 is 1.23 bits per heavy atom. The number of hydrogen-bond donors (Lipinski definition) is 0. The zero-order valence-corrected chi connectivity index (χ0v) is 11.0. The quantitative estimate of drug-likeness (QED) is 0.558. The van der Waals surface area contributed by atoms with Gasteiger partial charge in [-0.3, -0.25) is 0 Å². The highest BCUT2D eigenvalue weighted by Crippen LogP contribution is 2.53. The smallest absolute Gasteiger partial charge is 0.170 e. The van der Waals surface area contributed by atoms with Crippen molar-refractivity contribution in [1.82, 2.24) is 0 Å². The summed E-state index contributed by atoms with van der Waals surface area (Å²) in [6, 6.07) is 0. The molecule has 0 aromatic carbocycles. The molecule has 0 spiro atoms. The van der Waals surface area contributed by atoms with Gasteiger partial charge in [0.1, 0.15) is 5.57 Å². The fraction of sp³-hybridized carbons (Fsp3) is 0.778. The number of rotatable bonds is 3. The molecular formula is C9H6F12S. The second kappa shape index (κ2) is 6.40. The average molecular weight is 374 g/mol. The Labute approximate surface area is 119 Å². The van der Waals surface area contributed by atoms with Gasteiger partial charge in [-0.25, -0.2) is 0 Å². The summed E-state index contributed by atoms with van der Waals surface area (Å²) in [5, 5.41) is 0. The molecule has 0 bridgehead atoms. The first kappa shape index (κ1) is 21.2. The number of allylic oxidation sites excluding steroid dienone is 2. The van der Waals surface area contributed by atoms with E-state index in [-0.39, 0.29) is 0 Å². The highest BCUT2D eigenvalue weighted by Gasteiger charge is 2.63. The van der Waals surface area contributed by atoms with Crippen LogP contribution < -0.4 is 0 Å². The normalized spacial score (nSPS) is 14.5. The lowest BCUT2D eigenvalue weighted by atomic mass is 10.0. The van der Waals surface area contributed by atoms with E-state index in [0.717, 1.165) is 6.92 Å². The van der Waals surface area contributed by atoms with Crippen molar-refractivity contribution in [3.63, 3.8) is 0 Å². The molecule has 132 valence electrons. The lowest BCUT2D eigenvalue weighted by Gasteiger charge is -2.28.